The number of anilines is 2. The Balaban J connectivity index is 1.50. The summed E-state index contributed by atoms with van der Waals surface area (Å²) in [5.41, 5.74) is 1.79. The van der Waals surface area contributed by atoms with Crippen molar-refractivity contribution < 1.29 is 19.8 Å². The van der Waals surface area contributed by atoms with Crippen molar-refractivity contribution in [2.75, 3.05) is 10.6 Å². The van der Waals surface area contributed by atoms with Gasteiger partial charge in [-0.25, -0.2) is 0 Å². The molecule has 0 aliphatic rings. The van der Waals surface area contributed by atoms with E-state index in [-0.39, 0.29) is 49.6 Å². The van der Waals surface area contributed by atoms with Crippen LogP contribution in [0, 0.1) is 0 Å². The molecule has 0 aliphatic carbocycles. The molecule has 0 fully saturated rings. The van der Waals surface area contributed by atoms with Crippen LogP contribution in [0.15, 0.2) is 97.1 Å². The van der Waals surface area contributed by atoms with Crippen LogP contribution in [-0.2, 0) is 0 Å². The van der Waals surface area contributed by atoms with Crippen molar-refractivity contribution in [2.45, 2.75) is 0 Å². The molecule has 4 rings (SSSR count). The first-order valence-electron chi connectivity index (χ1n) is 10.3. The Hall–Kier alpha value is -3.46. The van der Waals surface area contributed by atoms with Gasteiger partial charge in [0.25, 0.3) is 0 Å². The number of aromatic hydroxyl groups is 2. The quantitative estimate of drug-likeness (QED) is 0.211. The SMILES string of the molecule is O=C(Nc1cc([As]=[As]c2ccc(O)c(NC(=O)c3ccccc3)c2)ccc1O)c1ccccc1. The molecule has 0 bridgehead atoms. The second-order valence-electron chi connectivity index (χ2n) is 7.24. The molecule has 6 nitrogen and oxygen atoms in total. The van der Waals surface area contributed by atoms with Gasteiger partial charge in [-0.2, -0.15) is 0 Å². The minimum atomic E-state index is -0.283. The molecule has 0 heterocycles. The maximum absolute atomic E-state index is 12.5. The average Bonchev–Trinajstić information content (AvgIpc) is 2.87. The van der Waals surface area contributed by atoms with E-state index >= 15 is 0 Å². The average molecular weight is 574 g/mol. The van der Waals surface area contributed by atoms with Gasteiger partial charge < -0.3 is 0 Å². The molecule has 2 amide bonds. The number of nitrogens with one attached hydrogen (secondary N) is 2. The number of hydrogen-bond donors (Lipinski definition) is 4. The summed E-state index contributed by atoms with van der Waals surface area (Å²) in [6.07, 6.45) is 0. The molecule has 4 aromatic carbocycles. The molecule has 0 radical (unpaired) electrons. The third kappa shape index (κ3) is 6.10. The fraction of sp³-hybridized carbons (Fsp3) is 0. The van der Waals surface area contributed by atoms with E-state index in [0.29, 0.717) is 22.5 Å². The second-order valence-corrected chi connectivity index (χ2v) is 14.6. The number of phenols is 2. The van der Waals surface area contributed by atoms with Gasteiger partial charge in [-0.3, -0.25) is 0 Å². The molecule has 0 saturated carbocycles. The Morgan fingerprint density at radius 3 is 1.32 bits per heavy atom. The molecule has 0 atom stereocenters. The zero-order valence-corrected chi connectivity index (χ0v) is 21.6. The molecule has 0 unspecified atom stereocenters. The van der Waals surface area contributed by atoms with Gasteiger partial charge >= 0.3 is 208 Å². The molecule has 8 heteroatoms. The van der Waals surface area contributed by atoms with E-state index in [9.17, 15) is 19.8 Å². The second kappa shape index (κ2) is 11.1. The summed E-state index contributed by atoms with van der Waals surface area (Å²) in [7, 11) is 0. The summed E-state index contributed by atoms with van der Waals surface area (Å²) in [6, 6.07) is 28.2. The van der Waals surface area contributed by atoms with E-state index in [1.165, 1.54) is 0 Å². The van der Waals surface area contributed by atoms with Gasteiger partial charge in [-0.15, -0.1) is 0 Å². The van der Waals surface area contributed by atoms with Crippen LogP contribution in [-0.4, -0.2) is 48.3 Å². The number of phenolic OH excluding ortho intramolecular Hbond substituents is 2. The van der Waals surface area contributed by atoms with Crippen molar-refractivity contribution in [1.29, 1.82) is 0 Å². The van der Waals surface area contributed by atoms with E-state index in [1.807, 2.05) is 36.4 Å². The number of rotatable bonds is 6. The molecule has 34 heavy (non-hydrogen) atoms. The fourth-order valence-electron chi connectivity index (χ4n) is 3.06. The fourth-order valence-corrected chi connectivity index (χ4v) is 10.1. The van der Waals surface area contributed by atoms with Crippen molar-refractivity contribution >= 4 is 58.2 Å². The standard InChI is InChI=1S/C26H20As2N2O4/c31-23-13-11-19(15-21(23)29-25(33)17-7-3-1-4-8-17)27-28-20-12-14-24(32)22(16-20)30-26(34)18-9-5-2-6-10-18/h1-16,31-32H,(H,29,33)(H,30,34). The molecule has 168 valence electrons. The Morgan fingerprint density at radius 1 is 0.559 bits per heavy atom. The summed E-state index contributed by atoms with van der Waals surface area (Å²) in [5, 5.41) is 25.9. The zero-order valence-electron chi connectivity index (χ0n) is 17.8. The van der Waals surface area contributed by atoms with Crippen LogP contribution < -0.4 is 19.3 Å². The molecule has 0 spiro atoms. The first-order valence-corrected chi connectivity index (χ1v) is 17.4. The first kappa shape index (κ1) is 23.7. The Bertz CT molecular complexity index is 1260. The Labute approximate surface area is 207 Å². The van der Waals surface area contributed by atoms with E-state index in [1.54, 1.807) is 60.7 Å². The number of benzene rings is 4. The predicted octanol–water partition coefficient (Wildman–Crippen LogP) is 2.88. The van der Waals surface area contributed by atoms with Crippen molar-refractivity contribution in [2.24, 2.45) is 0 Å². The van der Waals surface area contributed by atoms with Gasteiger partial charge in [0.1, 0.15) is 0 Å². The molecular formula is C26H20As2N2O4. The summed E-state index contributed by atoms with van der Waals surface area (Å²) in [4.78, 5) is 24.9. The molecule has 0 saturated heterocycles. The summed E-state index contributed by atoms with van der Waals surface area (Å²) < 4.78 is 2.11. The summed E-state index contributed by atoms with van der Waals surface area (Å²) >= 11 is -0.492. The predicted molar refractivity (Wildman–Crippen MR) is 136 cm³/mol. The number of carbonyl (C=O) groups is 2. The third-order valence-corrected chi connectivity index (χ3v) is 13.3. The van der Waals surface area contributed by atoms with E-state index < -0.39 is 0 Å². The molecule has 0 aromatic heterocycles. The van der Waals surface area contributed by atoms with Gasteiger partial charge in [0.15, 0.2) is 0 Å². The summed E-state index contributed by atoms with van der Waals surface area (Å²) in [5.74, 6) is -0.535. The first-order chi connectivity index (χ1) is 16.5. The van der Waals surface area contributed by atoms with Crippen LogP contribution in [0.5, 0.6) is 11.5 Å². The maximum atomic E-state index is 12.5. The van der Waals surface area contributed by atoms with E-state index in [2.05, 4.69) is 10.6 Å². The van der Waals surface area contributed by atoms with Gasteiger partial charge in [0, 0.05) is 0 Å². The normalized spacial score (nSPS) is 10.7. The minimum absolute atomic E-state index is 0.0148. The van der Waals surface area contributed by atoms with E-state index in [0.717, 1.165) is 8.70 Å². The van der Waals surface area contributed by atoms with Crippen LogP contribution in [0.2, 0.25) is 0 Å². The monoisotopic (exact) mass is 574 g/mol. The molecule has 0 aliphatic heterocycles. The van der Waals surface area contributed by atoms with Crippen molar-refractivity contribution in [3.63, 3.8) is 0 Å². The zero-order chi connectivity index (χ0) is 23.9. The van der Waals surface area contributed by atoms with Crippen LogP contribution >= 0.6 is 0 Å². The number of hydrogen-bond acceptors (Lipinski definition) is 4. The van der Waals surface area contributed by atoms with Gasteiger partial charge in [-0.1, -0.05) is 0 Å². The third-order valence-electron chi connectivity index (χ3n) is 4.81. The molecular weight excluding hydrogens is 554 g/mol. The Kier molecular flexibility index (Phi) is 7.74. The Morgan fingerprint density at radius 2 is 0.941 bits per heavy atom. The van der Waals surface area contributed by atoms with Crippen LogP contribution in [0.4, 0.5) is 11.4 Å². The van der Waals surface area contributed by atoms with Crippen molar-refractivity contribution in [3.8, 4) is 11.5 Å². The van der Waals surface area contributed by atoms with E-state index in [4.69, 9.17) is 0 Å². The number of carbonyl (C=O) groups excluding carboxylic acids is 2. The van der Waals surface area contributed by atoms with Gasteiger partial charge in [0.2, 0.25) is 0 Å². The summed E-state index contributed by atoms with van der Waals surface area (Å²) in [6.45, 7) is 0. The van der Waals surface area contributed by atoms with Gasteiger partial charge in [-0.05, 0) is 0 Å². The number of amides is 2. The molecule has 4 N–H and O–H groups in total. The van der Waals surface area contributed by atoms with Crippen LogP contribution in [0.3, 0.4) is 0 Å². The molecule has 4 aromatic rings. The van der Waals surface area contributed by atoms with Gasteiger partial charge in [0.05, 0.1) is 0 Å². The van der Waals surface area contributed by atoms with Crippen LogP contribution in [0.1, 0.15) is 20.7 Å². The van der Waals surface area contributed by atoms with Crippen LogP contribution in [0.25, 0.3) is 0 Å². The van der Waals surface area contributed by atoms with Crippen molar-refractivity contribution in [3.05, 3.63) is 108 Å². The topological polar surface area (TPSA) is 98.7 Å². The van der Waals surface area contributed by atoms with Crippen molar-refractivity contribution in [1.82, 2.24) is 0 Å².